The summed E-state index contributed by atoms with van der Waals surface area (Å²) in [5.41, 5.74) is 1.40. The summed E-state index contributed by atoms with van der Waals surface area (Å²) in [5.74, 6) is -0.371. The summed E-state index contributed by atoms with van der Waals surface area (Å²) in [7, 11) is 0. The molecule has 0 aliphatic carbocycles. The predicted molar refractivity (Wildman–Crippen MR) is 91.8 cm³/mol. The Morgan fingerprint density at radius 1 is 1.32 bits per heavy atom. The van der Waals surface area contributed by atoms with Gasteiger partial charge in [0.25, 0.3) is 5.91 Å². The number of hydrogen-bond donors (Lipinski definition) is 1. The molecule has 0 bridgehead atoms. The zero-order valence-electron chi connectivity index (χ0n) is 13.9. The number of aromatic nitrogens is 1. The molecule has 1 unspecified atom stereocenters. The maximum absolute atomic E-state index is 12.5. The second-order valence-corrected chi connectivity index (χ2v) is 5.71. The van der Waals surface area contributed by atoms with Crippen LogP contribution in [0.3, 0.4) is 0 Å². The lowest BCUT2D eigenvalue weighted by Gasteiger charge is -2.32. The first-order valence-electron chi connectivity index (χ1n) is 7.78. The SMILES string of the molecule is CC(=O)c1ccc2c(c1)N(CC(=O)Nc1cccnc1)C(=O)C(C)O2. The second kappa shape index (κ2) is 6.72. The number of benzene rings is 1. The number of amides is 2. The Morgan fingerprint density at radius 2 is 2.12 bits per heavy atom. The van der Waals surface area contributed by atoms with Crippen molar-refractivity contribution in [3.05, 3.63) is 48.3 Å². The van der Waals surface area contributed by atoms with Gasteiger partial charge in [0.2, 0.25) is 5.91 Å². The van der Waals surface area contributed by atoms with Gasteiger partial charge in [-0.15, -0.1) is 0 Å². The van der Waals surface area contributed by atoms with Crippen LogP contribution in [0.1, 0.15) is 24.2 Å². The average molecular weight is 339 g/mol. The molecule has 0 spiro atoms. The molecular formula is C18H17N3O4. The van der Waals surface area contributed by atoms with Crippen LogP contribution in [0, 0.1) is 0 Å². The maximum atomic E-state index is 12.5. The highest BCUT2D eigenvalue weighted by molar-refractivity contribution is 6.07. The third-order valence-corrected chi connectivity index (χ3v) is 3.82. The Morgan fingerprint density at radius 3 is 2.80 bits per heavy atom. The van der Waals surface area contributed by atoms with E-state index in [0.717, 1.165) is 0 Å². The van der Waals surface area contributed by atoms with Crippen LogP contribution in [0.4, 0.5) is 11.4 Å². The lowest BCUT2D eigenvalue weighted by atomic mass is 10.1. The molecule has 0 saturated heterocycles. The molecular weight excluding hydrogens is 322 g/mol. The van der Waals surface area contributed by atoms with E-state index >= 15 is 0 Å². The molecule has 3 rings (SSSR count). The third-order valence-electron chi connectivity index (χ3n) is 3.82. The van der Waals surface area contributed by atoms with E-state index in [2.05, 4.69) is 10.3 Å². The number of nitrogens with one attached hydrogen (secondary N) is 1. The fraction of sp³-hybridized carbons (Fsp3) is 0.222. The number of pyridine rings is 1. The molecule has 1 atom stereocenters. The Bertz CT molecular complexity index is 835. The Labute approximate surface area is 144 Å². The summed E-state index contributed by atoms with van der Waals surface area (Å²) >= 11 is 0. The van der Waals surface area contributed by atoms with E-state index in [1.807, 2.05) is 0 Å². The van der Waals surface area contributed by atoms with Gasteiger partial charge >= 0.3 is 0 Å². The number of nitrogens with zero attached hydrogens (tertiary/aromatic N) is 2. The van der Waals surface area contributed by atoms with Crippen molar-refractivity contribution in [3.63, 3.8) is 0 Å². The average Bonchev–Trinajstić information content (AvgIpc) is 2.59. The quantitative estimate of drug-likeness (QED) is 0.861. The largest absolute Gasteiger partial charge is 0.479 e. The Kier molecular flexibility index (Phi) is 4.47. The van der Waals surface area contributed by atoms with Gasteiger partial charge < -0.3 is 10.1 Å². The monoisotopic (exact) mass is 339 g/mol. The standard InChI is InChI=1S/C18H17N3O4/c1-11(22)13-5-6-16-15(8-13)21(18(24)12(2)25-16)10-17(23)20-14-4-3-7-19-9-14/h3-9,12H,10H2,1-2H3,(H,20,23). The van der Waals surface area contributed by atoms with Crippen LogP contribution < -0.4 is 15.0 Å². The molecule has 2 aromatic rings. The van der Waals surface area contributed by atoms with E-state index in [0.29, 0.717) is 22.7 Å². The van der Waals surface area contributed by atoms with Crippen molar-refractivity contribution >= 4 is 29.0 Å². The van der Waals surface area contributed by atoms with Crippen LogP contribution in [-0.2, 0) is 9.59 Å². The predicted octanol–water partition coefficient (Wildman–Crippen LogP) is 2.04. The highest BCUT2D eigenvalue weighted by Gasteiger charge is 2.33. The Hall–Kier alpha value is -3.22. The smallest absolute Gasteiger partial charge is 0.268 e. The molecule has 0 saturated carbocycles. The molecule has 1 aromatic heterocycles. The van der Waals surface area contributed by atoms with Gasteiger partial charge in [-0.1, -0.05) is 0 Å². The van der Waals surface area contributed by atoms with Gasteiger partial charge in [-0.2, -0.15) is 0 Å². The number of ether oxygens (including phenoxy) is 1. The molecule has 1 aliphatic rings. The number of carbonyl (C=O) groups excluding carboxylic acids is 3. The van der Waals surface area contributed by atoms with Crippen LogP contribution in [0.25, 0.3) is 0 Å². The van der Waals surface area contributed by atoms with E-state index in [1.165, 1.54) is 18.0 Å². The molecule has 1 aromatic carbocycles. The third kappa shape index (κ3) is 3.50. The second-order valence-electron chi connectivity index (χ2n) is 5.71. The van der Waals surface area contributed by atoms with E-state index in [1.54, 1.807) is 43.5 Å². The summed E-state index contributed by atoms with van der Waals surface area (Å²) < 4.78 is 5.56. The van der Waals surface area contributed by atoms with E-state index in [-0.39, 0.29) is 24.1 Å². The number of anilines is 2. The number of hydrogen-bond acceptors (Lipinski definition) is 5. The molecule has 1 N–H and O–H groups in total. The zero-order chi connectivity index (χ0) is 18.0. The Balaban J connectivity index is 1.87. The van der Waals surface area contributed by atoms with Crippen LogP contribution >= 0.6 is 0 Å². The number of fused-ring (bicyclic) bond motifs is 1. The molecule has 7 nitrogen and oxygen atoms in total. The summed E-state index contributed by atoms with van der Waals surface area (Å²) in [6.45, 7) is 2.88. The zero-order valence-corrected chi connectivity index (χ0v) is 13.9. The maximum Gasteiger partial charge on any atom is 0.268 e. The highest BCUT2D eigenvalue weighted by Crippen LogP contribution is 2.35. The minimum Gasteiger partial charge on any atom is -0.479 e. The molecule has 0 radical (unpaired) electrons. The molecule has 1 aliphatic heterocycles. The minimum atomic E-state index is -0.707. The number of ketones is 1. The van der Waals surface area contributed by atoms with Gasteiger partial charge in [-0.05, 0) is 44.2 Å². The number of Topliss-reactive ketones (excluding diaryl/α,β-unsaturated/α-hetero) is 1. The van der Waals surface area contributed by atoms with Gasteiger partial charge in [-0.3, -0.25) is 24.3 Å². The lowest BCUT2D eigenvalue weighted by molar-refractivity contribution is -0.127. The fourth-order valence-electron chi connectivity index (χ4n) is 2.57. The fourth-order valence-corrected chi connectivity index (χ4v) is 2.57. The van der Waals surface area contributed by atoms with Gasteiger partial charge in [0.1, 0.15) is 12.3 Å². The number of carbonyl (C=O) groups is 3. The van der Waals surface area contributed by atoms with Crippen LogP contribution in [0.2, 0.25) is 0 Å². The van der Waals surface area contributed by atoms with Crippen molar-refractivity contribution in [2.45, 2.75) is 20.0 Å². The summed E-state index contributed by atoms with van der Waals surface area (Å²) in [5, 5.41) is 2.69. The van der Waals surface area contributed by atoms with Crippen molar-refractivity contribution < 1.29 is 19.1 Å². The van der Waals surface area contributed by atoms with Crippen molar-refractivity contribution in [2.24, 2.45) is 0 Å². The molecule has 25 heavy (non-hydrogen) atoms. The van der Waals surface area contributed by atoms with E-state index in [4.69, 9.17) is 4.74 Å². The van der Waals surface area contributed by atoms with Gasteiger partial charge in [0.05, 0.1) is 17.6 Å². The summed E-state index contributed by atoms with van der Waals surface area (Å²) in [6.07, 6.45) is 2.41. The van der Waals surface area contributed by atoms with Crippen LogP contribution in [-0.4, -0.2) is 35.2 Å². The first kappa shape index (κ1) is 16.6. The van der Waals surface area contributed by atoms with Crippen molar-refractivity contribution in [2.75, 3.05) is 16.8 Å². The molecule has 0 fully saturated rings. The first-order valence-corrected chi connectivity index (χ1v) is 7.78. The first-order chi connectivity index (χ1) is 12.0. The molecule has 7 heteroatoms. The van der Waals surface area contributed by atoms with E-state index in [9.17, 15) is 14.4 Å². The van der Waals surface area contributed by atoms with Gasteiger partial charge in [0.15, 0.2) is 11.9 Å². The van der Waals surface area contributed by atoms with Gasteiger partial charge in [0, 0.05) is 11.8 Å². The van der Waals surface area contributed by atoms with Crippen molar-refractivity contribution in [1.29, 1.82) is 0 Å². The number of rotatable bonds is 4. The topological polar surface area (TPSA) is 88.6 Å². The van der Waals surface area contributed by atoms with Crippen molar-refractivity contribution in [3.8, 4) is 5.75 Å². The van der Waals surface area contributed by atoms with Crippen LogP contribution in [0.15, 0.2) is 42.7 Å². The summed E-state index contributed by atoms with van der Waals surface area (Å²) in [6, 6.07) is 8.25. The van der Waals surface area contributed by atoms with Crippen molar-refractivity contribution in [1.82, 2.24) is 4.98 Å². The molecule has 2 heterocycles. The highest BCUT2D eigenvalue weighted by atomic mass is 16.5. The summed E-state index contributed by atoms with van der Waals surface area (Å²) in [4.78, 5) is 41.7. The lowest BCUT2D eigenvalue weighted by Crippen LogP contribution is -2.47. The molecule has 128 valence electrons. The van der Waals surface area contributed by atoms with Crippen LogP contribution in [0.5, 0.6) is 5.75 Å². The minimum absolute atomic E-state index is 0.131. The van der Waals surface area contributed by atoms with Gasteiger partial charge in [-0.25, -0.2) is 0 Å². The molecule has 2 amide bonds. The van der Waals surface area contributed by atoms with E-state index < -0.39 is 6.10 Å². The normalized spacial score (nSPS) is 16.0.